The molecule has 0 aliphatic rings. The molecule has 0 bridgehead atoms. The number of benzene rings is 2. The van der Waals surface area contributed by atoms with E-state index in [0.717, 1.165) is 6.42 Å². The Morgan fingerprint density at radius 3 is 2.27 bits per heavy atom. The van der Waals surface area contributed by atoms with Crippen molar-refractivity contribution in [3.63, 3.8) is 0 Å². The van der Waals surface area contributed by atoms with Gasteiger partial charge in [-0.25, -0.2) is 5.43 Å². The average molecular weight is 413 g/mol. The molecule has 0 heterocycles. The van der Waals surface area contributed by atoms with Crippen LogP contribution in [0.1, 0.15) is 32.8 Å². The Balaban J connectivity index is 1.92. The number of hydrazone groups is 1. The van der Waals surface area contributed by atoms with Crippen LogP contribution in [0.15, 0.2) is 47.6 Å². The first kappa shape index (κ1) is 22.7. The first-order valence-electron chi connectivity index (χ1n) is 9.84. The molecule has 30 heavy (non-hydrogen) atoms. The van der Waals surface area contributed by atoms with Crippen LogP contribution in [0.4, 0.5) is 5.69 Å². The fourth-order valence-electron chi connectivity index (χ4n) is 2.41. The maximum Gasteiger partial charge on any atom is 0.329 e. The van der Waals surface area contributed by atoms with Gasteiger partial charge in [0.1, 0.15) is 17.2 Å². The van der Waals surface area contributed by atoms with Crippen molar-refractivity contribution in [2.24, 2.45) is 5.10 Å². The number of anilines is 1. The maximum absolute atomic E-state index is 12.0. The minimum Gasteiger partial charge on any atom is -0.494 e. The highest BCUT2D eigenvalue weighted by molar-refractivity contribution is 6.39. The number of amides is 2. The molecule has 160 valence electrons. The zero-order valence-electron chi connectivity index (χ0n) is 17.4. The van der Waals surface area contributed by atoms with Crippen molar-refractivity contribution >= 4 is 23.7 Å². The number of hydrogen-bond acceptors (Lipinski definition) is 6. The standard InChI is InChI=1S/C22H27N3O5/c1-4-13-30-18-11-8-17(9-12-18)24-21(26)22(27)25-23-15-16-7-10-19(28-5-2)14-20(16)29-6-3/h7-12,14-15H,4-6,13H2,1-3H3,(H,24,26)(H,25,27)/b23-15-. The lowest BCUT2D eigenvalue weighted by Gasteiger charge is -2.10. The summed E-state index contributed by atoms with van der Waals surface area (Å²) in [5.74, 6) is 0.223. The lowest BCUT2D eigenvalue weighted by Crippen LogP contribution is -2.32. The Morgan fingerprint density at radius 1 is 0.900 bits per heavy atom. The molecular weight excluding hydrogens is 386 g/mol. The first-order valence-corrected chi connectivity index (χ1v) is 9.84. The SMILES string of the molecule is CCCOc1ccc(NC(=O)C(=O)N/N=C\c2ccc(OCC)cc2OCC)cc1. The zero-order valence-corrected chi connectivity index (χ0v) is 17.4. The van der Waals surface area contributed by atoms with Gasteiger partial charge in [0.2, 0.25) is 0 Å². The Labute approximate surface area is 176 Å². The predicted molar refractivity (Wildman–Crippen MR) is 115 cm³/mol. The molecule has 2 aromatic rings. The summed E-state index contributed by atoms with van der Waals surface area (Å²) in [5.41, 5.74) is 3.33. The van der Waals surface area contributed by atoms with Gasteiger partial charge in [-0.05, 0) is 56.7 Å². The lowest BCUT2D eigenvalue weighted by molar-refractivity contribution is -0.136. The second-order valence-corrected chi connectivity index (χ2v) is 6.09. The molecule has 0 fully saturated rings. The summed E-state index contributed by atoms with van der Waals surface area (Å²) >= 11 is 0. The van der Waals surface area contributed by atoms with Gasteiger partial charge in [-0.3, -0.25) is 9.59 Å². The number of nitrogens with one attached hydrogen (secondary N) is 2. The molecule has 8 nitrogen and oxygen atoms in total. The van der Waals surface area contributed by atoms with Crippen LogP contribution in [-0.4, -0.2) is 37.8 Å². The van der Waals surface area contributed by atoms with Crippen LogP contribution in [0.5, 0.6) is 17.2 Å². The van der Waals surface area contributed by atoms with Gasteiger partial charge in [0, 0.05) is 17.3 Å². The van der Waals surface area contributed by atoms with Crippen molar-refractivity contribution in [1.29, 1.82) is 0 Å². The van der Waals surface area contributed by atoms with Crippen molar-refractivity contribution in [1.82, 2.24) is 5.43 Å². The van der Waals surface area contributed by atoms with Gasteiger partial charge in [0.25, 0.3) is 0 Å². The van der Waals surface area contributed by atoms with Crippen LogP contribution in [0.3, 0.4) is 0 Å². The number of nitrogens with zero attached hydrogens (tertiary/aromatic N) is 1. The van der Waals surface area contributed by atoms with Gasteiger partial charge >= 0.3 is 11.8 Å². The fourth-order valence-corrected chi connectivity index (χ4v) is 2.41. The molecular formula is C22H27N3O5. The van der Waals surface area contributed by atoms with E-state index < -0.39 is 11.8 Å². The van der Waals surface area contributed by atoms with Gasteiger partial charge in [-0.15, -0.1) is 0 Å². The van der Waals surface area contributed by atoms with E-state index in [2.05, 4.69) is 15.8 Å². The van der Waals surface area contributed by atoms with Crippen LogP contribution < -0.4 is 25.0 Å². The Bertz CT molecular complexity index is 866. The predicted octanol–water partition coefficient (Wildman–Crippen LogP) is 3.36. The molecule has 2 rings (SSSR count). The molecule has 0 aliphatic carbocycles. The van der Waals surface area contributed by atoms with Crippen molar-refractivity contribution in [3.05, 3.63) is 48.0 Å². The molecule has 0 aromatic heterocycles. The minimum atomic E-state index is -0.888. The molecule has 0 spiro atoms. The second-order valence-electron chi connectivity index (χ2n) is 6.09. The van der Waals surface area contributed by atoms with Crippen molar-refractivity contribution < 1.29 is 23.8 Å². The van der Waals surface area contributed by atoms with Gasteiger partial charge in [-0.2, -0.15) is 5.10 Å². The van der Waals surface area contributed by atoms with E-state index in [9.17, 15) is 9.59 Å². The van der Waals surface area contributed by atoms with Gasteiger partial charge in [0.15, 0.2) is 0 Å². The normalized spacial score (nSPS) is 10.5. The molecule has 2 aromatic carbocycles. The third-order valence-electron chi connectivity index (χ3n) is 3.76. The number of ether oxygens (including phenoxy) is 3. The summed E-state index contributed by atoms with van der Waals surface area (Å²) in [7, 11) is 0. The Kier molecular flexibility index (Phi) is 9.18. The van der Waals surface area contributed by atoms with Crippen LogP contribution in [0.25, 0.3) is 0 Å². The lowest BCUT2D eigenvalue weighted by atomic mass is 10.2. The van der Waals surface area contributed by atoms with E-state index in [0.29, 0.717) is 48.3 Å². The third kappa shape index (κ3) is 7.12. The van der Waals surface area contributed by atoms with E-state index in [1.807, 2.05) is 20.8 Å². The number of carbonyl (C=O) groups excluding carboxylic acids is 2. The van der Waals surface area contributed by atoms with Crippen LogP contribution in [0.2, 0.25) is 0 Å². The molecule has 8 heteroatoms. The van der Waals surface area contributed by atoms with Crippen molar-refractivity contribution in [2.45, 2.75) is 27.2 Å². The summed E-state index contributed by atoms with van der Waals surface area (Å²) in [6.45, 7) is 7.40. The molecule has 2 N–H and O–H groups in total. The number of carbonyl (C=O) groups is 2. The summed E-state index contributed by atoms with van der Waals surface area (Å²) in [6.07, 6.45) is 2.31. The maximum atomic E-state index is 12.0. The number of hydrogen-bond donors (Lipinski definition) is 2. The van der Waals surface area contributed by atoms with Gasteiger partial charge in [0.05, 0.1) is 26.0 Å². The fraction of sp³-hybridized carbons (Fsp3) is 0.318. The summed E-state index contributed by atoms with van der Waals surface area (Å²) in [4.78, 5) is 24.0. The highest BCUT2D eigenvalue weighted by Crippen LogP contribution is 2.24. The van der Waals surface area contributed by atoms with Gasteiger partial charge in [-0.1, -0.05) is 6.92 Å². The topological polar surface area (TPSA) is 98.2 Å². The Morgan fingerprint density at radius 2 is 1.60 bits per heavy atom. The smallest absolute Gasteiger partial charge is 0.329 e. The van der Waals surface area contributed by atoms with E-state index in [4.69, 9.17) is 14.2 Å². The van der Waals surface area contributed by atoms with E-state index in [1.54, 1.807) is 42.5 Å². The summed E-state index contributed by atoms with van der Waals surface area (Å²) in [5, 5.41) is 6.35. The zero-order chi connectivity index (χ0) is 21.8. The van der Waals surface area contributed by atoms with Crippen LogP contribution in [0, 0.1) is 0 Å². The second kappa shape index (κ2) is 12.1. The Hall–Kier alpha value is -3.55. The van der Waals surface area contributed by atoms with E-state index in [1.165, 1.54) is 6.21 Å². The molecule has 2 amide bonds. The molecule has 0 saturated heterocycles. The van der Waals surface area contributed by atoms with Crippen molar-refractivity contribution in [3.8, 4) is 17.2 Å². The molecule has 0 atom stereocenters. The first-order chi connectivity index (χ1) is 14.6. The van der Waals surface area contributed by atoms with Crippen LogP contribution in [-0.2, 0) is 9.59 Å². The van der Waals surface area contributed by atoms with E-state index in [-0.39, 0.29) is 0 Å². The van der Waals surface area contributed by atoms with Crippen molar-refractivity contribution in [2.75, 3.05) is 25.1 Å². The van der Waals surface area contributed by atoms with Gasteiger partial charge < -0.3 is 19.5 Å². The molecule has 0 unspecified atom stereocenters. The number of rotatable bonds is 10. The molecule has 0 saturated carbocycles. The highest BCUT2D eigenvalue weighted by Gasteiger charge is 2.13. The average Bonchev–Trinajstić information content (AvgIpc) is 2.75. The van der Waals surface area contributed by atoms with E-state index >= 15 is 0 Å². The third-order valence-corrected chi connectivity index (χ3v) is 3.76. The summed E-state index contributed by atoms with van der Waals surface area (Å²) < 4.78 is 16.5. The molecule has 0 radical (unpaired) electrons. The highest BCUT2D eigenvalue weighted by atomic mass is 16.5. The molecule has 0 aliphatic heterocycles. The monoisotopic (exact) mass is 413 g/mol. The quantitative estimate of drug-likeness (QED) is 0.354. The largest absolute Gasteiger partial charge is 0.494 e. The van der Waals surface area contributed by atoms with Crippen LogP contribution >= 0.6 is 0 Å². The summed E-state index contributed by atoms with van der Waals surface area (Å²) in [6, 6.07) is 12.0. The minimum absolute atomic E-state index is 0.466.